The molecule has 0 saturated heterocycles. The van der Waals surface area contributed by atoms with Crippen molar-refractivity contribution in [3.63, 3.8) is 0 Å². The normalized spacial score (nSPS) is 10.6. The van der Waals surface area contributed by atoms with Crippen LogP contribution in [0.25, 0.3) is 16.9 Å². The molecule has 0 fully saturated rings. The molecule has 21 heavy (non-hydrogen) atoms. The maximum Gasteiger partial charge on any atom is 0.204 e. The van der Waals surface area contributed by atoms with E-state index in [4.69, 9.17) is 12.2 Å². The maximum absolute atomic E-state index is 5.49. The van der Waals surface area contributed by atoms with Gasteiger partial charge in [-0.3, -0.25) is 4.57 Å². The third kappa shape index (κ3) is 2.78. The molecule has 0 atom stereocenters. The zero-order valence-electron chi connectivity index (χ0n) is 12.1. The molecule has 0 saturated carbocycles. The lowest BCUT2D eigenvalue weighted by molar-refractivity contribution is 0.911. The summed E-state index contributed by atoms with van der Waals surface area (Å²) in [6.07, 6.45) is 0. The average molecular weight is 292 g/mol. The van der Waals surface area contributed by atoms with Crippen molar-refractivity contribution in [1.29, 1.82) is 0 Å². The van der Waals surface area contributed by atoms with Gasteiger partial charge in [-0.1, -0.05) is 48.0 Å². The van der Waals surface area contributed by atoms with Gasteiger partial charge in [-0.15, -0.1) is 0 Å². The van der Waals surface area contributed by atoms with Crippen molar-refractivity contribution in [3.8, 4) is 16.9 Å². The quantitative estimate of drug-likeness (QED) is 0.626. The van der Waals surface area contributed by atoms with Crippen molar-refractivity contribution in [2.24, 2.45) is 0 Å². The van der Waals surface area contributed by atoms with Gasteiger partial charge >= 0.3 is 0 Å². The molecule has 0 aliphatic carbocycles. The molecular formula is C18H16N2S. The first-order chi connectivity index (χ1) is 10.1. The minimum Gasteiger partial charge on any atom is -0.290 e. The van der Waals surface area contributed by atoms with Gasteiger partial charge in [0, 0.05) is 16.9 Å². The molecule has 3 rings (SSSR count). The van der Waals surface area contributed by atoms with Crippen LogP contribution in [0.3, 0.4) is 0 Å². The van der Waals surface area contributed by atoms with E-state index in [-0.39, 0.29) is 0 Å². The van der Waals surface area contributed by atoms with Gasteiger partial charge < -0.3 is 0 Å². The van der Waals surface area contributed by atoms with Gasteiger partial charge in [0.1, 0.15) is 0 Å². The zero-order chi connectivity index (χ0) is 14.8. The van der Waals surface area contributed by atoms with Crippen LogP contribution in [0.5, 0.6) is 0 Å². The van der Waals surface area contributed by atoms with Crippen LogP contribution in [0.1, 0.15) is 11.3 Å². The van der Waals surface area contributed by atoms with Crippen LogP contribution in [-0.4, -0.2) is 9.55 Å². The number of nitrogens with zero attached hydrogens (tertiary/aromatic N) is 2. The molecule has 0 N–H and O–H groups in total. The summed E-state index contributed by atoms with van der Waals surface area (Å²) >= 11 is 5.49. The molecule has 2 nitrogen and oxygen atoms in total. The SMILES string of the molecule is Cc1ccc(-n2c(C)cc(-c3ccccc3)nc2=S)cc1. The molecule has 2 aromatic carbocycles. The summed E-state index contributed by atoms with van der Waals surface area (Å²) < 4.78 is 2.58. The van der Waals surface area contributed by atoms with Gasteiger partial charge in [0.15, 0.2) is 0 Å². The van der Waals surface area contributed by atoms with Crippen LogP contribution >= 0.6 is 12.2 Å². The number of benzene rings is 2. The lowest BCUT2D eigenvalue weighted by Gasteiger charge is -2.12. The van der Waals surface area contributed by atoms with Crippen molar-refractivity contribution in [3.05, 3.63) is 76.7 Å². The highest BCUT2D eigenvalue weighted by molar-refractivity contribution is 7.71. The van der Waals surface area contributed by atoms with Gasteiger partial charge in [0.25, 0.3) is 0 Å². The van der Waals surface area contributed by atoms with Crippen LogP contribution in [0, 0.1) is 18.6 Å². The predicted molar refractivity (Wildman–Crippen MR) is 89.3 cm³/mol. The Morgan fingerprint density at radius 3 is 2.19 bits per heavy atom. The van der Waals surface area contributed by atoms with Crippen molar-refractivity contribution < 1.29 is 0 Å². The van der Waals surface area contributed by atoms with E-state index in [1.54, 1.807) is 0 Å². The fraction of sp³-hybridized carbons (Fsp3) is 0.111. The number of hydrogen-bond donors (Lipinski definition) is 0. The lowest BCUT2D eigenvalue weighted by atomic mass is 10.1. The lowest BCUT2D eigenvalue weighted by Crippen LogP contribution is -2.04. The van der Waals surface area contributed by atoms with Gasteiger partial charge in [0.05, 0.1) is 5.69 Å². The summed E-state index contributed by atoms with van der Waals surface area (Å²) in [6.45, 7) is 4.14. The van der Waals surface area contributed by atoms with Crippen LogP contribution in [0.4, 0.5) is 0 Å². The molecular weight excluding hydrogens is 276 g/mol. The van der Waals surface area contributed by atoms with Crippen molar-refractivity contribution in [1.82, 2.24) is 9.55 Å². The van der Waals surface area contributed by atoms with E-state index in [1.165, 1.54) is 5.56 Å². The third-order valence-corrected chi connectivity index (χ3v) is 3.74. The summed E-state index contributed by atoms with van der Waals surface area (Å²) in [5, 5.41) is 0. The Hall–Kier alpha value is -2.26. The number of aryl methyl sites for hydroxylation is 2. The van der Waals surface area contributed by atoms with Crippen molar-refractivity contribution in [2.75, 3.05) is 0 Å². The Balaban J connectivity index is 2.13. The molecule has 0 radical (unpaired) electrons. The van der Waals surface area contributed by atoms with E-state index in [0.717, 1.165) is 22.6 Å². The Morgan fingerprint density at radius 2 is 1.57 bits per heavy atom. The highest BCUT2D eigenvalue weighted by Crippen LogP contribution is 2.20. The highest BCUT2D eigenvalue weighted by atomic mass is 32.1. The molecule has 3 aromatic rings. The van der Waals surface area contributed by atoms with E-state index in [0.29, 0.717) is 4.77 Å². The maximum atomic E-state index is 5.49. The Morgan fingerprint density at radius 1 is 0.905 bits per heavy atom. The summed E-state index contributed by atoms with van der Waals surface area (Å²) in [5.41, 5.74) is 5.37. The largest absolute Gasteiger partial charge is 0.290 e. The van der Waals surface area contributed by atoms with Gasteiger partial charge in [-0.05, 0) is 44.3 Å². The van der Waals surface area contributed by atoms with Gasteiger partial charge in [-0.2, -0.15) is 0 Å². The summed E-state index contributed by atoms with van der Waals surface area (Å²) in [6, 6.07) is 20.5. The first-order valence-corrected chi connectivity index (χ1v) is 7.29. The van der Waals surface area contributed by atoms with Crippen LogP contribution in [0.15, 0.2) is 60.7 Å². The van der Waals surface area contributed by atoms with E-state index in [9.17, 15) is 0 Å². The molecule has 0 spiro atoms. The minimum atomic E-state index is 0.581. The average Bonchev–Trinajstić information content (AvgIpc) is 2.49. The predicted octanol–water partition coefficient (Wildman–Crippen LogP) is 4.89. The topological polar surface area (TPSA) is 17.8 Å². The van der Waals surface area contributed by atoms with Gasteiger partial charge in [-0.25, -0.2) is 4.98 Å². The molecule has 104 valence electrons. The van der Waals surface area contributed by atoms with Crippen LogP contribution in [0.2, 0.25) is 0 Å². The van der Waals surface area contributed by atoms with Crippen LogP contribution < -0.4 is 0 Å². The molecule has 0 unspecified atom stereocenters. The fourth-order valence-corrected chi connectivity index (χ4v) is 2.71. The summed E-state index contributed by atoms with van der Waals surface area (Å²) in [5.74, 6) is 0. The Labute approximate surface area is 129 Å². The smallest absolute Gasteiger partial charge is 0.204 e. The molecule has 3 heteroatoms. The number of aromatic nitrogens is 2. The molecule has 0 amide bonds. The van der Waals surface area contributed by atoms with E-state index in [2.05, 4.69) is 49.2 Å². The van der Waals surface area contributed by atoms with Crippen molar-refractivity contribution >= 4 is 12.2 Å². The Bertz CT molecular complexity index is 818. The standard InChI is InChI=1S/C18H16N2S/c1-13-8-10-16(11-9-13)20-14(2)12-17(19-18(20)21)15-6-4-3-5-7-15/h3-12H,1-2H3. The van der Waals surface area contributed by atoms with Crippen molar-refractivity contribution in [2.45, 2.75) is 13.8 Å². The molecule has 0 aliphatic heterocycles. The first-order valence-electron chi connectivity index (χ1n) is 6.88. The van der Waals surface area contributed by atoms with Gasteiger partial charge in [0.2, 0.25) is 4.77 Å². The van der Waals surface area contributed by atoms with E-state index >= 15 is 0 Å². The zero-order valence-corrected chi connectivity index (χ0v) is 12.9. The fourth-order valence-electron chi connectivity index (χ4n) is 2.36. The Kier molecular flexibility index (Phi) is 3.67. The highest BCUT2D eigenvalue weighted by Gasteiger charge is 2.06. The summed E-state index contributed by atoms with van der Waals surface area (Å²) in [7, 11) is 0. The van der Waals surface area contributed by atoms with E-state index < -0.39 is 0 Å². The minimum absolute atomic E-state index is 0.581. The monoisotopic (exact) mass is 292 g/mol. The number of rotatable bonds is 2. The van der Waals surface area contributed by atoms with Crippen LogP contribution in [-0.2, 0) is 0 Å². The molecule has 0 aliphatic rings. The number of hydrogen-bond acceptors (Lipinski definition) is 2. The molecule has 1 heterocycles. The second kappa shape index (κ2) is 5.62. The molecule has 1 aromatic heterocycles. The first kappa shape index (κ1) is 13.7. The molecule has 0 bridgehead atoms. The second-order valence-corrected chi connectivity index (χ2v) is 5.47. The second-order valence-electron chi connectivity index (χ2n) is 5.10. The van der Waals surface area contributed by atoms with E-state index in [1.807, 2.05) is 34.9 Å². The third-order valence-electron chi connectivity index (χ3n) is 3.47. The summed E-state index contributed by atoms with van der Waals surface area (Å²) in [4.78, 5) is 4.58.